The number of amides is 1. The molecule has 1 aliphatic rings. The van der Waals surface area contributed by atoms with Gasteiger partial charge in [0.15, 0.2) is 0 Å². The molecule has 0 spiro atoms. The van der Waals surface area contributed by atoms with E-state index in [0.29, 0.717) is 11.3 Å². The molecule has 2 unspecified atom stereocenters. The molecule has 0 fully saturated rings. The molecular formula is C26H27NO5. The number of hydrogen-bond donors (Lipinski definition) is 3. The van der Waals surface area contributed by atoms with Crippen molar-refractivity contribution in [2.45, 2.75) is 24.5 Å². The second kappa shape index (κ2) is 9.85. The number of hydrogen-bond acceptors (Lipinski definition) is 5. The van der Waals surface area contributed by atoms with Crippen molar-refractivity contribution >= 4 is 6.09 Å². The summed E-state index contributed by atoms with van der Waals surface area (Å²) in [5.41, 5.74) is 5.15. The van der Waals surface area contributed by atoms with Crippen molar-refractivity contribution in [1.29, 1.82) is 0 Å². The maximum Gasteiger partial charge on any atom is 0.407 e. The van der Waals surface area contributed by atoms with Crippen LogP contribution in [-0.4, -0.2) is 42.7 Å². The Labute approximate surface area is 187 Å². The number of nitrogens with one attached hydrogen (secondary N) is 1. The molecule has 0 saturated heterocycles. The summed E-state index contributed by atoms with van der Waals surface area (Å²) in [4.78, 5) is 12.2. The molecule has 6 heteroatoms. The molecule has 3 N–H and O–H groups in total. The summed E-state index contributed by atoms with van der Waals surface area (Å²) < 4.78 is 10.7. The smallest absolute Gasteiger partial charge is 0.407 e. The van der Waals surface area contributed by atoms with E-state index in [2.05, 4.69) is 29.6 Å². The van der Waals surface area contributed by atoms with Crippen molar-refractivity contribution in [3.05, 3.63) is 89.5 Å². The SMILES string of the molecule is COc1ccccc1C(O)C(O)CCNC(=O)OCC1c2ccccc2-c2ccccc21. The zero-order chi connectivity index (χ0) is 22.5. The number of ether oxygens (including phenoxy) is 2. The van der Waals surface area contributed by atoms with Gasteiger partial charge >= 0.3 is 6.09 Å². The molecule has 0 radical (unpaired) electrons. The summed E-state index contributed by atoms with van der Waals surface area (Å²) >= 11 is 0. The van der Waals surface area contributed by atoms with E-state index in [1.54, 1.807) is 24.3 Å². The molecular weight excluding hydrogens is 406 g/mol. The van der Waals surface area contributed by atoms with E-state index in [4.69, 9.17) is 9.47 Å². The average Bonchev–Trinajstić information content (AvgIpc) is 3.16. The highest BCUT2D eigenvalue weighted by Crippen LogP contribution is 2.44. The van der Waals surface area contributed by atoms with Crippen LogP contribution in [0.1, 0.15) is 35.1 Å². The summed E-state index contributed by atoms with van der Waals surface area (Å²) in [6, 6.07) is 23.3. The van der Waals surface area contributed by atoms with Crippen molar-refractivity contribution in [3.63, 3.8) is 0 Å². The summed E-state index contributed by atoms with van der Waals surface area (Å²) in [6.07, 6.45) is -2.55. The van der Waals surface area contributed by atoms with Gasteiger partial charge in [0.05, 0.1) is 13.2 Å². The number of alkyl carbamates (subject to hydrolysis) is 1. The van der Waals surface area contributed by atoms with E-state index in [-0.39, 0.29) is 25.5 Å². The molecule has 0 aromatic heterocycles. The Morgan fingerprint density at radius 3 is 2.19 bits per heavy atom. The topological polar surface area (TPSA) is 88.0 Å². The van der Waals surface area contributed by atoms with Crippen LogP contribution in [0.3, 0.4) is 0 Å². The molecule has 3 aromatic rings. The molecule has 0 aliphatic heterocycles. The quantitative estimate of drug-likeness (QED) is 0.499. The van der Waals surface area contributed by atoms with Crippen LogP contribution in [0.4, 0.5) is 4.79 Å². The standard InChI is InChI=1S/C26H27NO5/c1-31-24-13-7-6-12-21(24)25(29)23(28)14-15-27-26(30)32-16-22-19-10-4-2-8-17(19)18-9-3-5-11-20(18)22/h2-13,22-23,25,28-29H,14-16H2,1H3,(H,27,30). The molecule has 6 nitrogen and oxygen atoms in total. The van der Waals surface area contributed by atoms with Gasteiger partial charge in [0.2, 0.25) is 0 Å². The number of benzene rings is 3. The molecule has 3 aromatic carbocycles. The lowest BCUT2D eigenvalue weighted by atomic mass is 9.98. The second-order valence-electron chi connectivity index (χ2n) is 7.80. The lowest BCUT2D eigenvalue weighted by Gasteiger charge is -2.20. The predicted octanol–water partition coefficient (Wildman–Crippen LogP) is 4.02. The minimum Gasteiger partial charge on any atom is -0.496 e. The van der Waals surface area contributed by atoms with Crippen molar-refractivity contribution < 1.29 is 24.5 Å². The van der Waals surface area contributed by atoms with Gasteiger partial charge in [-0.2, -0.15) is 0 Å². The normalized spacial score (nSPS) is 14.2. The van der Waals surface area contributed by atoms with Gasteiger partial charge in [-0.15, -0.1) is 0 Å². The number of carbonyl (C=O) groups excluding carboxylic acids is 1. The third kappa shape index (κ3) is 4.47. The minimum atomic E-state index is -1.12. The Kier molecular flexibility index (Phi) is 6.73. The van der Waals surface area contributed by atoms with Crippen molar-refractivity contribution in [3.8, 4) is 16.9 Å². The van der Waals surface area contributed by atoms with E-state index in [0.717, 1.165) is 11.1 Å². The molecule has 166 valence electrons. The van der Waals surface area contributed by atoms with Crippen molar-refractivity contribution in [2.24, 2.45) is 0 Å². The van der Waals surface area contributed by atoms with Crippen LogP contribution < -0.4 is 10.1 Å². The molecule has 1 amide bonds. The molecule has 1 aliphatic carbocycles. The lowest BCUT2D eigenvalue weighted by molar-refractivity contribution is 0.0123. The van der Waals surface area contributed by atoms with Crippen LogP contribution in [-0.2, 0) is 4.74 Å². The largest absolute Gasteiger partial charge is 0.496 e. The first-order valence-corrected chi connectivity index (χ1v) is 10.7. The van der Waals surface area contributed by atoms with Gasteiger partial charge in [0.25, 0.3) is 0 Å². The molecule has 0 bridgehead atoms. The number of fused-ring (bicyclic) bond motifs is 3. The van der Waals surface area contributed by atoms with Crippen molar-refractivity contribution in [2.75, 3.05) is 20.3 Å². The third-order valence-electron chi connectivity index (χ3n) is 5.88. The van der Waals surface area contributed by atoms with Gasteiger partial charge in [-0.3, -0.25) is 0 Å². The van der Waals surface area contributed by atoms with Crippen LogP contribution >= 0.6 is 0 Å². The number of methoxy groups -OCH3 is 1. The maximum absolute atomic E-state index is 12.2. The number of rotatable bonds is 8. The summed E-state index contributed by atoms with van der Waals surface area (Å²) in [7, 11) is 1.51. The van der Waals surface area contributed by atoms with Crippen LogP contribution in [0.25, 0.3) is 11.1 Å². The van der Waals surface area contributed by atoms with E-state index in [9.17, 15) is 15.0 Å². The van der Waals surface area contributed by atoms with Gasteiger partial charge < -0.3 is 25.0 Å². The average molecular weight is 434 g/mol. The fourth-order valence-corrected chi connectivity index (χ4v) is 4.25. The Morgan fingerprint density at radius 1 is 0.938 bits per heavy atom. The van der Waals surface area contributed by atoms with Gasteiger partial charge in [0, 0.05) is 18.0 Å². The summed E-state index contributed by atoms with van der Waals surface area (Å²) in [5, 5.41) is 23.4. The molecule has 0 saturated carbocycles. The molecule has 4 rings (SSSR count). The van der Waals surface area contributed by atoms with Crippen LogP contribution in [0.5, 0.6) is 5.75 Å². The Morgan fingerprint density at radius 2 is 1.53 bits per heavy atom. The first-order valence-electron chi connectivity index (χ1n) is 10.7. The zero-order valence-electron chi connectivity index (χ0n) is 17.9. The Bertz CT molecular complexity index is 1040. The second-order valence-corrected chi connectivity index (χ2v) is 7.80. The van der Waals surface area contributed by atoms with E-state index in [1.807, 2.05) is 24.3 Å². The molecule has 0 heterocycles. The van der Waals surface area contributed by atoms with Gasteiger partial charge in [-0.25, -0.2) is 4.79 Å². The first-order chi connectivity index (χ1) is 15.6. The van der Waals surface area contributed by atoms with Crippen LogP contribution in [0.2, 0.25) is 0 Å². The number of aliphatic hydroxyl groups excluding tert-OH is 2. The van der Waals surface area contributed by atoms with Gasteiger partial charge in [-0.1, -0.05) is 66.7 Å². The molecule has 32 heavy (non-hydrogen) atoms. The lowest BCUT2D eigenvalue weighted by Crippen LogP contribution is -2.30. The number of aliphatic hydroxyl groups is 2. The molecule has 2 atom stereocenters. The minimum absolute atomic E-state index is 0.00823. The Balaban J connectivity index is 1.29. The number of carbonyl (C=O) groups is 1. The highest BCUT2D eigenvalue weighted by molar-refractivity contribution is 5.79. The van der Waals surface area contributed by atoms with Gasteiger partial charge in [-0.05, 0) is 34.7 Å². The fourth-order valence-electron chi connectivity index (χ4n) is 4.25. The monoisotopic (exact) mass is 433 g/mol. The fraction of sp³-hybridized carbons (Fsp3) is 0.269. The highest BCUT2D eigenvalue weighted by atomic mass is 16.5. The predicted molar refractivity (Wildman–Crippen MR) is 122 cm³/mol. The van der Waals surface area contributed by atoms with Crippen LogP contribution in [0, 0.1) is 0 Å². The van der Waals surface area contributed by atoms with Gasteiger partial charge in [0.1, 0.15) is 18.5 Å². The highest BCUT2D eigenvalue weighted by Gasteiger charge is 2.29. The summed E-state index contributed by atoms with van der Waals surface area (Å²) in [6.45, 7) is 0.399. The third-order valence-corrected chi connectivity index (χ3v) is 5.88. The number of para-hydroxylation sites is 1. The zero-order valence-corrected chi connectivity index (χ0v) is 17.9. The first kappa shape index (κ1) is 21.9. The maximum atomic E-state index is 12.2. The Hall–Kier alpha value is -3.35. The summed E-state index contributed by atoms with van der Waals surface area (Å²) in [5.74, 6) is 0.495. The van der Waals surface area contributed by atoms with E-state index in [1.165, 1.54) is 18.2 Å². The van der Waals surface area contributed by atoms with E-state index < -0.39 is 18.3 Å². The van der Waals surface area contributed by atoms with Crippen molar-refractivity contribution in [1.82, 2.24) is 5.32 Å². The van der Waals surface area contributed by atoms with E-state index >= 15 is 0 Å². The van der Waals surface area contributed by atoms with Crippen LogP contribution in [0.15, 0.2) is 72.8 Å².